The van der Waals surface area contributed by atoms with E-state index >= 15 is 0 Å². The van der Waals surface area contributed by atoms with Crippen molar-refractivity contribution in [2.24, 2.45) is 17.6 Å². The number of anilines is 1. The number of aryl methyl sites for hydroxylation is 1. The second-order valence-corrected chi connectivity index (χ2v) is 8.57. The molecule has 1 aromatic heterocycles. The lowest BCUT2D eigenvalue weighted by molar-refractivity contribution is -0.117. The summed E-state index contributed by atoms with van der Waals surface area (Å²) < 4.78 is 0. The number of carbonyl (C=O) groups is 2. The summed E-state index contributed by atoms with van der Waals surface area (Å²) in [4.78, 5) is 27.8. The average molecular weight is 350 g/mol. The van der Waals surface area contributed by atoms with Crippen LogP contribution in [0.15, 0.2) is 0 Å². The van der Waals surface area contributed by atoms with Crippen LogP contribution in [-0.4, -0.2) is 36.3 Å². The number of nitrogens with zero attached hydrogens (tertiary/aromatic N) is 1. The number of nitrogens with one attached hydrogen (secondary N) is 1. The van der Waals surface area contributed by atoms with Crippen LogP contribution in [0.5, 0.6) is 0 Å². The van der Waals surface area contributed by atoms with Crippen LogP contribution in [0, 0.1) is 11.8 Å². The Hall–Kier alpha value is -1.40. The van der Waals surface area contributed by atoms with Crippen LogP contribution in [-0.2, 0) is 17.6 Å². The van der Waals surface area contributed by atoms with Crippen LogP contribution in [0.2, 0.25) is 0 Å². The quantitative estimate of drug-likeness (QED) is 0.877. The number of likely N-dealkylation sites (tertiary alicyclic amines) is 1. The van der Waals surface area contributed by atoms with Crippen molar-refractivity contribution in [2.75, 3.05) is 25.0 Å². The molecule has 2 heterocycles. The van der Waals surface area contributed by atoms with Gasteiger partial charge in [-0.3, -0.25) is 14.5 Å². The van der Waals surface area contributed by atoms with Gasteiger partial charge in [0, 0.05) is 18.0 Å². The summed E-state index contributed by atoms with van der Waals surface area (Å²) in [6, 6.07) is 0. The first kappa shape index (κ1) is 17.4. The highest BCUT2D eigenvalue weighted by molar-refractivity contribution is 7.17. The fraction of sp³-hybridized carbons (Fsp3) is 0.667. The number of piperidine rings is 1. The van der Waals surface area contributed by atoms with Crippen molar-refractivity contribution in [3.05, 3.63) is 16.0 Å². The summed E-state index contributed by atoms with van der Waals surface area (Å²) in [5, 5.41) is 3.61. The minimum atomic E-state index is -0.426. The zero-order chi connectivity index (χ0) is 17.3. The number of hydrogen-bond donors (Lipinski definition) is 2. The summed E-state index contributed by atoms with van der Waals surface area (Å²) in [6.45, 7) is 6.77. The molecule has 3 rings (SSSR count). The Kier molecular flexibility index (Phi) is 5.25. The molecule has 1 fully saturated rings. The molecule has 24 heavy (non-hydrogen) atoms. The van der Waals surface area contributed by atoms with E-state index in [1.165, 1.54) is 22.6 Å². The Labute approximate surface area is 147 Å². The van der Waals surface area contributed by atoms with Crippen molar-refractivity contribution in [3.63, 3.8) is 0 Å². The maximum atomic E-state index is 12.5. The van der Waals surface area contributed by atoms with Crippen LogP contribution < -0.4 is 11.1 Å². The maximum Gasteiger partial charge on any atom is 0.251 e. The third-order valence-corrected chi connectivity index (χ3v) is 6.19. The minimum absolute atomic E-state index is 0.0441. The minimum Gasteiger partial charge on any atom is -0.365 e. The van der Waals surface area contributed by atoms with Gasteiger partial charge in [0.15, 0.2) is 0 Å². The van der Waals surface area contributed by atoms with Gasteiger partial charge in [-0.15, -0.1) is 11.3 Å². The average Bonchev–Trinajstić information content (AvgIpc) is 2.83. The standard InChI is InChI=1S/C18H27N3O2S/c1-11-7-12(2)9-21(8-11)10-15(22)20-18-16(17(19)23)13-5-3-4-6-14(13)24-18/h11-12H,3-10H2,1-2H3,(H2,19,23)(H,20,22). The van der Waals surface area contributed by atoms with Crippen molar-refractivity contribution in [1.29, 1.82) is 0 Å². The Morgan fingerprint density at radius 2 is 1.88 bits per heavy atom. The topological polar surface area (TPSA) is 75.4 Å². The van der Waals surface area contributed by atoms with E-state index in [9.17, 15) is 9.59 Å². The van der Waals surface area contributed by atoms with Crippen LogP contribution >= 0.6 is 11.3 Å². The molecule has 1 saturated heterocycles. The highest BCUT2D eigenvalue weighted by Gasteiger charge is 2.27. The molecule has 0 aromatic carbocycles. The molecule has 1 aromatic rings. The Balaban J connectivity index is 1.70. The van der Waals surface area contributed by atoms with Crippen LogP contribution in [0.1, 0.15) is 53.9 Å². The lowest BCUT2D eigenvalue weighted by atomic mass is 9.92. The molecular formula is C18H27N3O2S. The van der Waals surface area contributed by atoms with Gasteiger partial charge in [0.1, 0.15) is 5.00 Å². The third kappa shape index (κ3) is 3.81. The number of fused-ring (bicyclic) bond motifs is 1. The predicted molar refractivity (Wildman–Crippen MR) is 97.5 cm³/mol. The summed E-state index contributed by atoms with van der Waals surface area (Å²) in [5.74, 6) is 0.774. The number of hydrogen-bond acceptors (Lipinski definition) is 4. The number of amides is 2. The van der Waals surface area contributed by atoms with Gasteiger partial charge in [0.05, 0.1) is 12.1 Å². The van der Waals surface area contributed by atoms with Crippen molar-refractivity contribution < 1.29 is 9.59 Å². The molecule has 0 radical (unpaired) electrons. The Morgan fingerprint density at radius 1 is 1.21 bits per heavy atom. The summed E-state index contributed by atoms with van der Waals surface area (Å²) >= 11 is 1.53. The van der Waals surface area contributed by atoms with Gasteiger partial charge < -0.3 is 11.1 Å². The van der Waals surface area contributed by atoms with E-state index in [0.29, 0.717) is 28.9 Å². The maximum absolute atomic E-state index is 12.5. The summed E-state index contributed by atoms with van der Waals surface area (Å²) in [6.07, 6.45) is 5.32. The molecule has 132 valence electrons. The molecule has 0 saturated carbocycles. The number of carbonyl (C=O) groups excluding carboxylic acids is 2. The number of rotatable bonds is 4. The van der Waals surface area contributed by atoms with E-state index in [0.717, 1.165) is 44.3 Å². The molecule has 1 aliphatic carbocycles. The largest absolute Gasteiger partial charge is 0.365 e. The lowest BCUT2D eigenvalue weighted by Gasteiger charge is -2.34. The highest BCUT2D eigenvalue weighted by atomic mass is 32.1. The zero-order valence-electron chi connectivity index (χ0n) is 14.6. The Morgan fingerprint density at radius 3 is 2.54 bits per heavy atom. The number of thiophene rings is 1. The molecule has 0 bridgehead atoms. The van der Waals surface area contributed by atoms with Crippen molar-refractivity contribution >= 4 is 28.2 Å². The first-order valence-corrected chi connectivity index (χ1v) is 9.72. The van der Waals surface area contributed by atoms with Gasteiger partial charge in [-0.25, -0.2) is 0 Å². The fourth-order valence-corrected chi connectivity index (χ4v) is 5.52. The van der Waals surface area contributed by atoms with Crippen LogP contribution in [0.4, 0.5) is 5.00 Å². The second kappa shape index (κ2) is 7.23. The van der Waals surface area contributed by atoms with E-state index in [1.54, 1.807) is 0 Å². The second-order valence-electron chi connectivity index (χ2n) is 7.47. The molecule has 2 amide bonds. The fourth-order valence-electron chi connectivity index (χ4n) is 4.20. The zero-order valence-corrected chi connectivity index (χ0v) is 15.4. The first-order chi connectivity index (χ1) is 11.4. The molecule has 5 nitrogen and oxygen atoms in total. The van der Waals surface area contributed by atoms with Gasteiger partial charge in [0.2, 0.25) is 5.91 Å². The smallest absolute Gasteiger partial charge is 0.251 e. The number of primary amides is 1. The SMILES string of the molecule is CC1CC(C)CN(CC(=O)Nc2sc3c(c2C(N)=O)CCCC3)C1. The van der Waals surface area contributed by atoms with Crippen LogP contribution in [0.25, 0.3) is 0 Å². The third-order valence-electron chi connectivity index (χ3n) is 4.98. The van der Waals surface area contributed by atoms with Gasteiger partial charge in [0.25, 0.3) is 5.91 Å². The molecule has 0 spiro atoms. The van der Waals surface area contributed by atoms with Gasteiger partial charge in [-0.2, -0.15) is 0 Å². The van der Waals surface area contributed by atoms with Crippen molar-refractivity contribution in [2.45, 2.75) is 46.0 Å². The lowest BCUT2D eigenvalue weighted by Crippen LogP contribution is -2.42. The van der Waals surface area contributed by atoms with Gasteiger partial charge >= 0.3 is 0 Å². The monoisotopic (exact) mass is 349 g/mol. The molecule has 6 heteroatoms. The molecule has 2 unspecified atom stereocenters. The van der Waals surface area contributed by atoms with E-state index < -0.39 is 5.91 Å². The van der Waals surface area contributed by atoms with Crippen molar-refractivity contribution in [1.82, 2.24) is 4.90 Å². The molecular weight excluding hydrogens is 322 g/mol. The molecule has 2 aliphatic rings. The van der Waals surface area contributed by atoms with Gasteiger partial charge in [-0.1, -0.05) is 13.8 Å². The first-order valence-electron chi connectivity index (χ1n) is 8.90. The van der Waals surface area contributed by atoms with E-state index in [-0.39, 0.29) is 5.91 Å². The van der Waals surface area contributed by atoms with Crippen molar-refractivity contribution in [3.8, 4) is 0 Å². The van der Waals surface area contributed by atoms with E-state index in [2.05, 4.69) is 24.1 Å². The normalized spacial score (nSPS) is 24.4. The van der Waals surface area contributed by atoms with Crippen LogP contribution in [0.3, 0.4) is 0 Å². The summed E-state index contributed by atoms with van der Waals surface area (Å²) in [7, 11) is 0. The van der Waals surface area contributed by atoms with Gasteiger partial charge in [-0.05, 0) is 49.5 Å². The molecule has 1 aliphatic heterocycles. The van der Waals surface area contributed by atoms with E-state index in [1.807, 2.05) is 0 Å². The number of nitrogens with two attached hydrogens (primary N) is 1. The summed E-state index contributed by atoms with van der Waals surface area (Å²) in [5.41, 5.74) is 7.19. The molecule has 3 N–H and O–H groups in total. The molecule has 2 atom stereocenters. The highest BCUT2D eigenvalue weighted by Crippen LogP contribution is 2.37. The van der Waals surface area contributed by atoms with E-state index in [4.69, 9.17) is 5.73 Å². The Bertz CT molecular complexity index is 630. The predicted octanol–water partition coefficient (Wildman–Crippen LogP) is 2.64.